The lowest BCUT2D eigenvalue weighted by molar-refractivity contribution is -0.141. The minimum Gasteiger partial charge on any atom is -0.490 e. The monoisotopic (exact) mass is 350 g/mol. The zero-order valence-corrected chi connectivity index (χ0v) is 14.3. The van der Waals surface area contributed by atoms with Crippen LogP contribution in [0.1, 0.15) is 18.1 Å². The molecule has 0 bridgehead atoms. The summed E-state index contributed by atoms with van der Waals surface area (Å²) in [6.45, 7) is 1.49. The minimum absolute atomic E-state index is 0.0184. The van der Waals surface area contributed by atoms with Crippen molar-refractivity contribution in [3.63, 3.8) is 0 Å². The Hall–Kier alpha value is -3.59. The first-order valence-corrected chi connectivity index (χ1v) is 7.93. The van der Waals surface area contributed by atoms with Gasteiger partial charge in [-0.25, -0.2) is 4.79 Å². The molecule has 1 amide bonds. The fourth-order valence-corrected chi connectivity index (χ4v) is 2.05. The number of hydrogen-bond donors (Lipinski definition) is 1. The van der Waals surface area contributed by atoms with Crippen molar-refractivity contribution in [1.29, 1.82) is 5.26 Å². The second kappa shape index (κ2) is 9.64. The van der Waals surface area contributed by atoms with E-state index in [0.717, 1.165) is 5.56 Å². The first kappa shape index (κ1) is 18.7. The molecule has 0 spiro atoms. The summed E-state index contributed by atoms with van der Waals surface area (Å²) in [4.78, 5) is 23.5. The van der Waals surface area contributed by atoms with Gasteiger partial charge in [-0.2, -0.15) is 5.26 Å². The maximum atomic E-state index is 12.2. The van der Waals surface area contributed by atoms with E-state index in [0.29, 0.717) is 11.3 Å². The van der Waals surface area contributed by atoms with Gasteiger partial charge < -0.3 is 14.8 Å². The zero-order chi connectivity index (χ0) is 18.8. The van der Waals surface area contributed by atoms with Gasteiger partial charge in [0.25, 0.3) is 0 Å². The smallest absolute Gasteiger partial charge is 0.354 e. The van der Waals surface area contributed by atoms with Gasteiger partial charge in [-0.15, -0.1) is 0 Å². The number of rotatable bonds is 7. The van der Waals surface area contributed by atoms with E-state index in [4.69, 9.17) is 14.7 Å². The minimum atomic E-state index is -0.646. The molecule has 2 rings (SSSR count). The Morgan fingerprint density at radius 2 is 1.77 bits per heavy atom. The Labute approximate surface area is 151 Å². The topological polar surface area (TPSA) is 88.4 Å². The highest BCUT2D eigenvalue weighted by Gasteiger charge is 2.12. The maximum absolute atomic E-state index is 12.2. The van der Waals surface area contributed by atoms with Crippen LogP contribution in [0.5, 0.6) is 5.75 Å². The quantitative estimate of drug-likeness (QED) is 0.471. The van der Waals surface area contributed by atoms with Crippen molar-refractivity contribution in [1.82, 2.24) is 5.32 Å². The predicted octanol–water partition coefficient (Wildman–Crippen LogP) is 2.66. The first-order chi connectivity index (χ1) is 12.6. The molecule has 0 aliphatic heterocycles. The molecule has 0 aliphatic rings. The summed E-state index contributed by atoms with van der Waals surface area (Å²) in [5.41, 5.74) is 1.36. The largest absolute Gasteiger partial charge is 0.490 e. The number of carbonyl (C=O) groups is 2. The van der Waals surface area contributed by atoms with E-state index in [1.807, 2.05) is 36.4 Å². The second-order valence-electron chi connectivity index (χ2n) is 5.27. The number of benzene rings is 2. The normalized spacial score (nSPS) is 10.5. The number of nitrogens with zero attached hydrogens (tertiary/aromatic N) is 1. The van der Waals surface area contributed by atoms with Crippen LogP contribution in [-0.4, -0.2) is 25.1 Å². The molecule has 6 heteroatoms. The molecule has 0 atom stereocenters. The number of esters is 1. The van der Waals surface area contributed by atoms with Gasteiger partial charge in [0.1, 0.15) is 24.7 Å². The summed E-state index contributed by atoms with van der Waals surface area (Å²) in [6.07, 6.45) is 1.55. The number of carbonyl (C=O) groups excluding carboxylic acids is 2. The summed E-state index contributed by atoms with van der Waals surface area (Å²) in [7, 11) is 0. The van der Waals surface area contributed by atoms with Gasteiger partial charge in [0.2, 0.25) is 5.91 Å². The predicted molar refractivity (Wildman–Crippen MR) is 95.8 cm³/mol. The van der Waals surface area contributed by atoms with Crippen LogP contribution in [0.25, 0.3) is 6.08 Å². The van der Waals surface area contributed by atoms with Crippen LogP contribution >= 0.6 is 0 Å². The number of nitriles is 1. The zero-order valence-electron chi connectivity index (χ0n) is 14.3. The lowest BCUT2D eigenvalue weighted by atomic mass is 10.2. The van der Waals surface area contributed by atoms with E-state index < -0.39 is 5.97 Å². The molecule has 0 heterocycles. The summed E-state index contributed by atoms with van der Waals surface area (Å²) in [5.74, 6) is -0.438. The molecule has 132 valence electrons. The Morgan fingerprint density at radius 3 is 2.38 bits per heavy atom. The van der Waals surface area contributed by atoms with Crippen molar-refractivity contribution in [2.75, 3.05) is 13.2 Å². The van der Waals surface area contributed by atoms with Gasteiger partial charge in [-0.05, 0) is 35.9 Å². The van der Waals surface area contributed by atoms with E-state index in [9.17, 15) is 9.59 Å². The van der Waals surface area contributed by atoms with Crippen LogP contribution in [0.15, 0.2) is 60.3 Å². The van der Waals surface area contributed by atoms with Crippen molar-refractivity contribution >= 4 is 18.0 Å². The average molecular weight is 350 g/mol. The molecule has 0 aliphatic carbocycles. The highest BCUT2D eigenvalue weighted by atomic mass is 16.6. The van der Waals surface area contributed by atoms with E-state index >= 15 is 0 Å². The standard InChI is InChI=1S/C20H18N2O4/c1-15(23)22-19(13-16-5-3-2-4-6-16)20(24)26-12-11-25-18-9-7-17(14-21)8-10-18/h2-10,13H,11-12H2,1H3,(H,22,23)/b19-13-. The molecular weight excluding hydrogens is 332 g/mol. The molecule has 0 unspecified atom stereocenters. The SMILES string of the molecule is CC(=O)N/C(=C\c1ccccc1)C(=O)OCCOc1ccc(C#N)cc1. The third-order valence-electron chi connectivity index (χ3n) is 3.21. The van der Waals surface area contributed by atoms with Crippen LogP contribution < -0.4 is 10.1 Å². The summed E-state index contributed by atoms with van der Waals surface area (Å²) in [6, 6.07) is 17.8. The average Bonchev–Trinajstić information content (AvgIpc) is 2.65. The lowest BCUT2D eigenvalue weighted by Gasteiger charge is -2.10. The van der Waals surface area contributed by atoms with Crippen molar-refractivity contribution in [3.8, 4) is 11.8 Å². The molecule has 0 aromatic heterocycles. The molecule has 6 nitrogen and oxygen atoms in total. The lowest BCUT2D eigenvalue weighted by Crippen LogP contribution is -2.27. The molecule has 0 saturated carbocycles. The fourth-order valence-electron chi connectivity index (χ4n) is 2.05. The van der Waals surface area contributed by atoms with Crippen LogP contribution in [0.4, 0.5) is 0 Å². The summed E-state index contributed by atoms with van der Waals surface area (Å²) >= 11 is 0. The first-order valence-electron chi connectivity index (χ1n) is 7.93. The van der Waals surface area contributed by atoms with Gasteiger partial charge in [-0.1, -0.05) is 30.3 Å². The fraction of sp³-hybridized carbons (Fsp3) is 0.150. The molecule has 0 saturated heterocycles. The Kier molecular flexibility index (Phi) is 6.95. The van der Waals surface area contributed by atoms with Gasteiger partial charge in [0, 0.05) is 6.92 Å². The van der Waals surface area contributed by atoms with Crippen LogP contribution in [0, 0.1) is 11.3 Å². The van der Waals surface area contributed by atoms with Crippen molar-refractivity contribution < 1.29 is 19.1 Å². The van der Waals surface area contributed by atoms with Crippen molar-refractivity contribution in [2.45, 2.75) is 6.92 Å². The Bertz CT molecular complexity index is 821. The van der Waals surface area contributed by atoms with Crippen LogP contribution in [0.2, 0.25) is 0 Å². The molecule has 26 heavy (non-hydrogen) atoms. The van der Waals surface area contributed by atoms with Gasteiger partial charge in [0.15, 0.2) is 0 Å². The number of amides is 1. The number of hydrogen-bond acceptors (Lipinski definition) is 5. The summed E-state index contributed by atoms with van der Waals surface area (Å²) < 4.78 is 10.6. The van der Waals surface area contributed by atoms with Crippen molar-refractivity contribution in [3.05, 3.63) is 71.4 Å². The summed E-state index contributed by atoms with van der Waals surface area (Å²) in [5, 5.41) is 11.2. The third kappa shape index (κ3) is 6.13. The second-order valence-corrected chi connectivity index (χ2v) is 5.27. The van der Waals surface area contributed by atoms with E-state index in [2.05, 4.69) is 5.32 Å². The molecule has 0 fully saturated rings. The number of nitrogens with one attached hydrogen (secondary N) is 1. The van der Waals surface area contributed by atoms with Crippen molar-refractivity contribution in [2.24, 2.45) is 0 Å². The Balaban J connectivity index is 1.89. The third-order valence-corrected chi connectivity index (χ3v) is 3.21. The maximum Gasteiger partial charge on any atom is 0.354 e. The van der Waals surface area contributed by atoms with E-state index in [1.54, 1.807) is 30.3 Å². The molecule has 1 N–H and O–H groups in total. The highest BCUT2D eigenvalue weighted by Crippen LogP contribution is 2.11. The Morgan fingerprint density at radius 1 is 1.08 bits per heavy atom. The van der Waals surface area contributed by atoms with E-state index in [1.165, 1.54) is 6.92 Å². The van der Waals surface area contributed by atoms with Crippen LogP contribution in [-0.2, 0) is 14.3 Å². The highest BCUT2D eigenvalue weighted by molar-refractivity contribution is 5.97. The van der Waals surface area contributed by atoms with Crippen LogP contribution in [0.3, 0.4) is 0 Å². The molecule has 2 aromatic carbocycles. The van der Waals surface area contributed by atoms with Gasteiger partial charge in [-0.3, -0.25) is 4.79 Å². The van der Waals surface area contributed by atoms with E-state index in [-0.39, 0.29) is 24.8 Å². The molecule has 0 radical (unpaired) electrons. The molecular formula is C20H18N2O4. The molecule has 2 aromatic rings. The van der Waals surface area contributed by atoms with Gasteiger partial charge in [0.05, 0.1) is 11.6 Å². The number of ether oxygens (including phenoxy) is 2. The van der Waals surface area contributed by atoms with Gasteiger partial charge >= 0.3 is 5.97 Å².